The van der Waals surface area contributed by atoms with Gasteiger partial charge in [-0.3, -0.25) is 9.80 Å². The van der Waals surface area contributed by atoms with E-state index in [1.807, 2.05) is 6.07 Å². The van der Waals surface area contributed by atoms with Crippen molar-refractivity contribution in [2.45, 2.75) is 51.3 Å². The van der Waals surface area contributed by atoms with Crippen LogP contribution in [0.1, 0.15) is 56.6 Å². The van der Waals surface area contributed by atoms with E-state index >= 15 is 0 Å². The molecule has 4 aliphatic heterocycles. The molecule has 0 aromatic heterocycles. The topological polar surface area (TPSA) is 63.6 Å². The Morgan fingerprint density at radius 2 is 1.42 bits per heavy atom. The van der Waals surface area contributed by atoms with Crippen LogP contribution < -0.4 is 18.9 Å². The molecule has 8 rings (SSSR count). The highest BCUT2D eigenvalue weighted by molar-refractivity contribution is 5.63. The van der Waals surface area contributed by atoms with Crippen LogP contribution in [0.25, 0.3) is 0 Å². The lowest BCUT2D eigenvalue weighted by Gasteiger charge is -2.37. The largest absolute Gasteiger partial charge is 0.502 e. The molecule has 4 aliphatic rings. The number of nitrogens with zero attached hydrogens (tertiary/aromatic N) is 2. The zero-order valence-corrected chi connectivity index (χ0v) is 26.9. The summed E-state index contributed by atoms with van der Waals surface area (Å²) in [5, 5.41) is 11.7. The summed E-state index contributed by atoms with van der Waals surface area (Å²) in [6.07, 6.45) is 3.36. The fourth-order valence-corrected chi connectivity index (χ4v) is 7.24. The SMILES string of the molecule is COc1cc2c3cc1Oc1c(O)c(OC)cc4c1[C@H](Cc1ccc(C)c(c1)COc1ccc(cc1)C[C@@H]3N(C)CC2)N(C)CC4. The third-order valence-electron chi connectivity index (χ3n) is 10.0. The fraction of sp³-hybridized carbons (Fsp3) is 0.368. The van der Waals surface area contributed by atoms with Gasteiger partial charge in [0.2, 0.25) is 5.75 Å². The molecule has 234 valence electrons. The van der Waals surface area contributed by atoms with E-state index < -0.39 is 0 Å². The van der Waals surface area contributed by atoms with Crippen LogP contribution in [0.2, 0.25) is 0 Å². The first-order valence-electron chi connectivity index (χ1n) is 15.8. The van der Waals surface area contributed by atoms with Gasteiger partial charge in [0.1, 0.15) is 12.4 Å². The molecule has 4 aromatic rings. The molecule has 2 atom stereocenters. The molecule has 7 nitrogen and oxygen atoms in total. The van der Waals surface area contributed by atoms with Gasteiger partial charge in [-0.1, -0.05) is 30.3 Å². The number of rotatable bonds is 2. The number of hydrogen-bond donors (Lipinski definition) is 1. The molecule has 0 spiro atoms. The number of phenols is 1. The molecule has 1 N–H and O–H groups in total. The number of ether oxygens (including phenoxy) is 4. The second-order valence-electron chi connectivity index (χ2n) is 12.7. The van der Waals surface area contributed by atoms with Crippen LogP contribution in [0.4, 0.5) is 0 Å². The number of benzene rings is 4. The van der Waals surface area contributed by atoms with E-state index in [-0.39, 0.29) is 17.8 Å². The minimum absolute atomic E-state index is 0.00808. The van der Waals surface area contributed by atoms with Crippen molar-refractivity contribution in [2.24, 2.45) is 0 Å². The monoisotopic (exact) mass is 606 g/mol. The van der Waals surface area contributed by atoms with Gasteiger partial charge >= 0.3 is 0 Å². The summed E-state index contributed by atoms with van der Waals surface area (Å²) in [6, 6.07) is 21.5. The van der Waals surface area contributed by atoms with Crippen LogP contribution in [0.3, 0.4) is 0 Å². The predicted octanol–water partition coefficient (Wildman–Crippen LogP) is 6.95. The summed E-state index contributed by atoms with van der Waals surface area (Å²) >= 11 is 0. The summed E-state index contributed by atoms with van der Waals surface area (Å²) in [5.41, 5.74) is 9.41. The Kier molecular flexibility index (Phi) is 7.84. The Labute approximate surface area is 265 Å². The average Bonchev–Trinajstić information content (AvgIpc) is 3.05. The van der Waals surface area contributed by atoms with Gasteiger partial charge in [-0.25, -0.2) is 0 Å². The van der Waals surface area contributed by atoms with Crippen molar-refractivity contribution in [1.29, 1.82) is 0 Å². The van der Waals surface area contributed by atoms with Crippen molar-refractivity contribution in [3.05, 3.63) is 105 Å². The van der Waals surface area contributed by atoms with Gasteiger partial charge in [0.15, 0.2) is 23.0 Å². The summed E-state index contributed by atoms with van der Waals surface area (Å²) in [5.74, 6) is 2.97. The Balaban J connectivity index is 1.43. The first-order valence-corrected chi connectivity index (χ1v) is 15.8. The minimum Gasteiger partial charge on any atom is -0.502 e. The highest BCUT2D eigenvalue weighted by Gasteiger charge is 2.34. The fourth-order valence-electron chi connectivity index (χ4n) is 7.24. The van der Waals surface area contributed by atoms with E-state index in [2.05, 4.69) is 85.4 Å². The first kappa shape index (κ1) is 29.5. The zero-order chi connectivity index (χ0) is 31.2. The maximum Gasteiger partial charge on any atom is 0.201 e. The lowest BCUT2D eigenvalue weighted by atomic mass is 9.87. The molecule has 45 heavy (non-hydrogen) atoms. The van der Waals surface area contributed by atoms with Crippen molar-refractivity contribution in [3.63, 3.8) is 0 Å². The molecule has 0 unspecified atom stereocenters. The van der Waals surface area contributed by atoms with Crippen molar-refractivity contribution in [3.8, 4) is 34.5 Å². The molecular weight excluding hydrogens is 564 g/mol. The third kappa shape index (κ3) is 5.49. The number of aryl methyl sites for hydroxylation is 1. The number of aromatic hydroxyl groups is 1. The van der Waals surface area contributed by atoms with E-state index in [0.29, 0.717) is 29.6 Å². The lowest BCUT2D eigenvalue weighted by Crippen LogP contribution is -2.34. The van der Waals surface area contributed by atoms with Gasteiger partial charge in [-0.2, -0.15) is 0 Å². The van der Waals surface area contributed by atoms with Gasteiger partial charge in [-0.15, -0.1) is 0 Å². The number of phenolic OH excluding ortho intramolecular Hbond substituents is 1. The molecule has 0 aliphatic carbocycles. The standard InChI is InChI=1S/C38H42N2O5/c1-23-6-7-25-16-28(23)22-44-29-10-8-24(9-11-29)17-31-30-21-34(33(42-4)19-26(30)12-14-39(31)2)45-38-36-27(20-35(43-5)37(38)41)13-15-40(3)32(36)18-25/h6-11,16,19-21,31-32,41H,12-15,17-18,22H2,1-5H3/t31-,32-/m0/s1. The quantitative estimate of drug-likeness (QED) is 0.265. The van der Waals surface area contributed by atoms with E-state index in [4.69, 9.17) is 18.9 Å². The first-order chi connectivity index (χ1) is 21.8. The average molecular weight is 607 g/mol. The van der Waals surface area contributed by atoms with Crippen molar-refractivity contribution >= 4 is 0 Å². The van der Waals surface area contributed by atoms with Gasteiger partial charge in [0, 0.05) is 30.7 Å². The number of methoxy groups -OCH3 is 2. The highest BCUT2D eigenvalue weighted by Crippen LogP contribution is 2.51. The second-order valence-corrected chi connectivity index (χ2v) is 12.7. The Morgan fingerprint density at radius 1 is 0.756 bits per heavy atom. The van der Waals surface area contributed by atoms with Crippen LogP contribution in [0.5, 0.6) is 34.5 Å². The second kappa shape index (κ2) is 12.0. The third-order valence-corrected chi connectivity index (χ3v) is 10.0. The van der Waals surface area contributed by atoms with Crippen molar-refractivity contribution in [1.82, 2.24) is 9.80 Å². The number of likely N-dealkylation sites (N-methyl/N-ethyl adjacent to an activating group) is 2. The normalized spacial score (nSPS) is 19.8. The number of hydrogen-bond acceptors (Lipinski definition) is 7. The Hall–Kier alpha value is -4.20. The van der Waals surface area contributed by atoms with Crippen LogP contribution in [0.15, 0.2) is 60.7 Å². The maximum atomic E-state index is 11.7. The lowest BCUT2D eigenvalue weighted by molar-refractivity contribution is 0.220. The molecule has 4 heterocycles. The molecule has 7 heteroatoms. The molecule has 6 bridgehead atoms. The molecule has 0 amide bonds. The summed E-state index contributed by atoms with van der Waals surface area (Å²) in [4.78, 5) is 4.77. The Bertz CT molecular complexity index is 1730. The van der Waals surface area contributed by atoms with Crippen LogP contribution in [-0.4, -0.2) is 56.3 Å². The van der Waals surface area contributed by atoms with Crippen molar-refractivity contribution in [2.75, 3.05) is 41.4 Å². The van der Waals surface area contributed by atoms with E-state index in [1.165, 1.54) is 33.4 Å². The van der Waals surface area contributed by atoms with Crippen LogP contribution in [0, 0.1) is 6.92 Å². The van der Waals surface area contributed by atoms with E-state index in [9.17, 15) is 5.11 Å². The molecular formula is C38H42N2O5. The Morgan fingerprint density at radius 3 is 2.18 bits per heavy atom. The van der Waals surface area contributed by atoms with Crippen LogP contribution >= 0.6 is 0 Å². The minimum atomic E-state index is -0.0196. The molecule has 0 fully saturated rings. The van der Waals surface area contributed by atoms with E-state index in [0.717, 1.165) is 55.6 Å². The summed E-state index contributed by atoms with van der Waals surface area (Å²) in [6.45, 7) is 4.48. The van der Waals surface area contributed by atoms with E-state index in [1.54, 1.807) is 14.2 Å². The predicted molar refractivity (Wildman–Crippen MR) is 175 cm³/mol. The zero-order valence-electron chi connectivity index (χ0n) is 26.9. The number of fused-ring (bicyclic) bond motifs is 3. The van der Waals surface area contributed by atoms with Crippen LogP contribution in [-0.2, 0) is 32.3 Å². The van der Waals surface area contributed by atoms with Crippen molar-refractivity contribution < 1.29 is 24.1 Å². The smallest absolute Gasteiger partial charge is 0.201 e. The molecule has 0 saturated carbocycles. The maximum absolute atomic E-state index is 11.7. The van der Waals surface area contributed by atoms with Gasteiger partial charge in [0.25, 0.3) is 0 Å². The summed E-state index contributed by atoms with van der Waals surface area (Å²) in [7, 11) is 7.60. The van der Waals surface area contributed by atoms with Gasteiger partial charge in [-0.05, 0) is 116 Å². The molecule has 0 radical (unpaired) electrons. The summed E-state index contributed by atoms with van der Waals surface area (Å²) < 4.78 is 24.7. The molecule has 4 aromatic carbocycles. The van der Waals surface area contributed by atoms with Gasteiger partial charge in [0.05, 0.1) is 14.2 Å². The highest BCUT2D eigenvalue weighted by atomic mass is 16.5. The van der Waals surface area contributed by atoms with Gasteiger partial charge < -0.3 is 24.1 Å². The molecule has 0 saturated heterocycles.